The standard InChI is InChI=1S/C37H66N6O3/c1-8-12-21-27-45-33-29-32(44-26-15-11-4)30-34(31-33)46-28-22-19-17-16-18-20-25-43(7)37-39-35(41(5)23-13-9-2)38-36(40-37)42(6)24-14-10-3/h29-31H,8-28H2,1-7H3. The van der Waals surface area contributed by atoms with E-state index in [0.717, 1.165) is 132 Å². The van der Waals surface area contributed by atoms with Crippen molar-refractivity contribution in [3.05, 3.63) is 18.2 Å². The smallest absolute Gasteiger partial charge is 0.231 e. The van der Waals surface area contributed by atoms with E-state index in [-0.39, 0.29) is 0 Å². The molecule has 0 fully saturated rings. The molecule has 9 nitrogen and oxygen atoms in total. The van der Waals surface area contributed by atoms with Crippen molar-refractivity contribution in [1.82, 2.24) is 15.0 Å². The van der Waals surface area contributed by atoms with Gasteiger partial charge >= 0.3 is 0 Å². The van der Waals surface area contributed by atoms with Crippen molar-refractivity contribution in [3.8, 4) is 17.2 Å². The minimum atomic E-state index is 0.708. The number of unbranched alkanes of at least 4 members (excludes halogenated alkanes) is 10. The predicted octanol–water partition coefficient (Wildman–Crippen LogP) is 8.95. The van der Waals surface area contributed by atoms with Crippen molar-refractivity contribution in [3.63, 3.8) is 0 Å². The second kappa shape index (κ2) is 24.2. The Bertz CT molecular complexity index is 1020. The van der Waals surface area contributed by atoms with Crippen molar-refractivity contribution in [2.45, 2.75) is 124 Å². The zero-order valence-electron chi connectivity index (χ0n) is 30.5. The van der Waals surface area contributed by atoms with Crippen LogP contribution >= 0.6 is 0 Å². The van der Waals surface area contributed by atoms with Gasteiger partial charge in [-0.25, -0.2) is 0 Å². The van der Waals surface area contributed by atoms with Gasteiger partial charge in [-0.15, -0.1) is 0 Å². The van der Waals surface area contributed by atoms with E-state index in [2.05, 4.69) is 63.5 Å². The van der Waals surface area contributed by atoms with Gasteiger partial charge in [-0.05, 0) is 38.5 Å². The summed E-state index contributed by atoms with van der Waals surface area (Å²) in [7, 11) is 6.26. The van der Waals surface area contributed by atoms with Crippen molar-refractivity contribution < 1.29 is 14.2 Å². The van der Waals surface area contributed by atoms with E-state index in [9.17, 15) is 0 Å². The van der Waals surface area contributed by atoms with Crippen LogP contribution in [0.15, 0.2) is 18.2 Å². The lowest BCUT2D eigenvalue weighted by Gasteiger charge is -2.24. The summed E-state index contributed by atoms with van der Waals surface area (Å²) in [4.78, 5) is 21.0. The second-order valence-electron chi connectivity index (χ2n) is 12.6. The minimum Gasteiger partial charge on any atom is -0.493 e. The maximum atomic E-state index is 6.13. The molecule has 46 heavy (non-hydrogen) atoms. The number of rotatable bonds is 28. The summed E-state index contributed by atoms with van der Waals surface area (Å²) in [5.74, 6) is 4.79. The van der Waals surface area contributed by atoms with E-state index in [4.69, 9.17) is 29.2 Å². The third-order valence-electron chi connectivity index (χ3n) is 8.11. The van der Waals surface area contributed by atoms with Gasteiger partial charge in [-0.3, -0.25) is 0 Å². The molecule has 1 heterocycles. The first-order valence-corrected chi connectivity index (χ1v) is 18.3. The monoisotopic (exact) mass is 643 g/mol. The average molecular weight is 643 g/mol. The van der Waals surface area contributed by atoms with Crippen LogP contribution in [0.3, 0.4) is 0 Å². The molecule has 0 aliphatic carbocycles. The molecule has 0 N–H and O–H groups in total. The van der Waals surface area contributed by atoms with Crippen LogP contribution in [0.4, 0.5) is 17.8 Å². The molecule has 0 atom stereocenters. The lowest BCUT2D eigenvalue weighted by molar-refractivity contribution is 0.277. The number of aromatic nitrogens is 3. The fourth-order valence-electron chi connectivity index (χ4n) is 4.97. The van der Waals surface area contributed by atoms with E-state index in [1.54, 1.807) is 0 Å². The SMILES string of the molecule is CCCCCOc1cc(OCCCC)cc(OCCCCCCCCN(C)c2nc(N(C)CCCC)nc(N(C)CCCC)n2)c1. The van der Waals surface area contributed by atoms with Gasteiger partial charge in [0.25, 0.3) is 0 Å². The lowest BCUT2D eigenvalue weighted by Crippen LogP contribution is -2.28. The lowest BCUT2D eigenvalue weighted by atomic mass is 10.1. The highest BCUT2D eigenvalue weighted by Crippen LogP contribution is 2.29. The maximum absolute atomic E-state index is 6.13. The van der Waals surface area contributed by atoms with Crippen LogP contribution < -0.4 is 28.9 Å². The molecule has 1 aromatic heterocycles. The third-order valence-corrected chi connectivity index (χ3v) is 8.11. The summed E-state index contributed by atoms with van der Waals surface area (Å²) in [5, 5.41) is 0. The largest absolute Gasteiger partial charge is 0.493 e. The molecule has 0 bridgehead atoms. The molecule has 262 valence electrons. The summed E-state index contributed by atoms with van der Waals surface area (Å²) in [6.45, 7) is 13.8. The summed E-state index contributed by atoms with van der Waals surface area (Å²) in [6.07, 6.45) is 17.1. The van der Waals surface area contributed by atoms with Crippen LogP contribution in [-0.4, -0.2) is 75.5 Å². The number of anilines is 3. The molecule has 0 unspecified atom stereocenters. The predicted molar refractivity (Wildman–Crippen MR) is 195 cm³/mol. The zero-order valence-corrected chi connectivity index (χ0v) is 30.5. The van der Waals surface area contributed by atoms with Crippen LogP contribution in [0.5, 0.6) is 17.2 Å². The number of nitrogens with zero attached hydrogens (tertiary/aromatic N) is 6. The molecule has 0 radical (unpaired) electrons. The van der Waals surface area contributed by atoms with Crippen LogP contribution in [0.25, 0.3) is 0 Å². The highest BCUT2D eigenvalue weighted by atomic mass is 16.5. The summed E-state index contributed by atoms with van der Waals surface area (Å²) >= 11 is 0. The Morgan fingerprint density at radius 2 is 0.739 bits per heavy atom. The summed E-state index contributed by atoms with van der Waals surface area (Å²) in [5.41, 5.74) is 0. The van der Waals surface area contributed by atoms with Gasteiger partial charge in [-0.1, -0.05) is 85.5 Å². The molecular formula is C37H66N6O3. The number of ether oxygens (including phenoxy) is 3. The molecule has 0 saturated heterocycles. The molecule has 0 amide bonds. The molecular weight excluding hydrogens is 576 g/mol. The van der Waals surface area contributed by atoms with E-state index < -0.39 is 0 Å². The van der Waals surface area contributed by atoms with E-state index in [0.29, 0.717) is 6.61 Å². The molecule has 1 aromatic carbocycles. The highest BCUT2D eigenvalue weighted by Gasteiger charge is 2.15. The van der Waals surface area contributed by atoms with E-state index >= 15 is 0 Å². The van der Waals surface area contributed by atoms with Crippen molar-refractivity contribution >= 4 is 17.8 Å². The van der Waals surface area contributed by atoms with E-state index in [1.165, 1.54) is 32.1 Å². The molecule has 0 saturated carbocycles. The highest BCUT2D eigenvalue weighted by molar-refractivity contribution is 5.45. The first kappa shape index (κ1) is 39.2. The van der Waals surface area contributed by atoms with Gasteiger partial charge in [-0.2, -0.15) is 15.0 Å². The first-order valence-electron chi connectivity index (χ1n) is 18.3. The van der Waals surface area contributed by atoms with Crippen molar-refractivity contribution in [2.24, 2.45) is 0 Å². The Morgan fingerprint density at radius 1 is 0.413 bits per heavy atom. The maximum Gasteiger partial charge on any atom is 0.231 e. The van der Waals surface area contributed by atoms with Gasteiger partial charge in [0, 0.05) is 59.0 Å². The number of benzene rings is 1. The van der Waals surface area contributed by atoms with Gasteiger partial charge in [0.15, 0.2) is 0 Å². The van der Waals surface area contributed by atoms with Gasteiger partial charge in [0.2, 0.25) is 17.8 Å². The molecule has 9 heteroatoms. The fourth-order valence-corrected chi connectivity index (χ4v) is 4.97. The molecule has 2 aromatic rings. The van der Waals surface area contributed by atoms with Crippen LogP contribution in [0.2, 0.25) is 0 Å². The van der Waals surface area contributed by atoms with E-state index in [1.807, 2.05) is 18.2 Å². The quantitative estimate of drug-likeness (QED) is 0.0846. The molecule has 0 aliphatic rings. The number of hydrogen-bond acceptors (Lipinski definition) is 9. The first-order chi connectivity index (χ1) is 22.4. The molecule has 2 rings (SSSR count). The molecule has 0 spiro atoms. The summed E-state index contributed by atoms with van der Waals surface area (Å²) in [6, 6.07) is 5.98. The minimum absolute atomic E-state index is 0.708. The Morgan fingerprint density at radius 3 is 1.15 bits per heavy atom. The van der Waals surface area contributed by atoms with Gasteiger partial charge in [0.05, 0.1) is 19.8 Å². The normalized spacial score (nSPS) is 11.0. The third kappa shape index (κ3) is 16.0. The van der Waals surface area contributed by atoms with Crippen LogP contribution in [0, 0.1) is 0 Å². The summed E-state index contributed by atoms with van der Waals surface area (Å²) < 4.78 is 18.1. The van der Waals surface area contributed by atoms with Crippen LogP contribution in [0.1, 0.15) is 124 Å². The molecule has 0 aliphatic heterocycles. The fraction of sp³-hybridized carbons (Fsp3) is 0.757. The number of hydrogen-bond donors (Lipinski definition) is 0. The van der Waals surface area contributed by atoms with Crippen molar-refractivity contribution in [1.29, 1.82) is 0 Å². The zero-order chi connectivity index (χ0) is 33.4. The van der Waals surface area contributed by atoms with Crippen LogP contribution in [-0.2, 0) is 0 Å². The Hall–Kier alpha value is -2.97. The topological polar surface area (TPSA) is 76.1 Å². The Labute approximate surface area is 281 Å². The van der Waals surface area contributed by atoms with Gasteiger partial charge < -0.3 is 28.9 Å². The Kier molecular flexibility index (Phi) is 20.7. The second-order valence-corrected chi connectivity index (χ2v) is 12.6. The average Bonchev–Trinajstić information content (AvgIpc) is 3.07. The van der Waals surface area contributed by atoms with Gasteiger partial charge in [0.1, 0.15) is 17.2 Å². The Balaban J connectivity index is 1.77. The van der Waals surface area contributed by atoms with Crippen molar-refractivity contribution in [2.75, 3.05) is 75.3 Å².